The van der Waals surface area contributed by atoms with Gasteiger partial charge >= 0.3 is 6.18 Å². The number of piperazine rings is 1. The average molecular weight is 301 g/mol. The number of alkyl halides is 3. The molecule has 3 nitrogen and oxygen atoms in total. The maximum atomic E-state index is 12.4. The second kappa shape index (κ2) is 6.66. The first-order valence-corrected chi connectivity index (χ1v) is 7.23. The molecule has 1 unspecified atom stereocenters. The van der Waals surface area contributed by atoms with Crippen molar-refractivity contribution in [3.63, 3.8) is 0 Å². The molecule has 1 fully saturated rings. The summed E-state index contributed by atoms with van der Waals surface area (Å²) in [5.41, 5.74) is 8.12. The number of rotatable bonds is 4. The van der Waals surface area contributed by atoms with E-state index in [1.54, 1.807) is 0 Å². The number of benzene rings is 1. The quantitative estimate of drug-likeness (QED) is 0.926. The van der Waals surface area contributed by atoms with E-state index >= 15 is 0 Å². The SMILES string of the molecule is CC(N)Cc1ccccc1N1CCN(CC(F)(F)F)CC1. The van der Waals surface area contributed by atoms with Gasteiger partial charge in [-0.1, -0.05) is 18.2 Å². The van der Waals surface area contributed by atoms with Gasteiger partial charge < -0.3 is 10.6 Å². The van der Waals surface area contributed by atoms with Gasteiger partial charge in [0.1, 0.15) is 0 Å². The standard InChI is InChI=1S/C15H22F3N3/c1-12(19)10-13-4-2-3-5-14(13)21-8-6-20(7-9-21)11-15(16,17)18/h2-5,12H,6-11,19H2,1H3. The highest BCUT2D eigenvalue weighted by Crippen LogP contribution is 2.24. The molecule has 2 rings (SSSR count). The minimum atomic E-state index is -4.12. The molecule has 6 heteroatoms. The van der Waals surface area contributed by atoms with E-state index in [1.165, 1.54) is 4.90 Å². The Bertz CT molecular complexity index is 452. The first-order chi connectivity index (χ1) is 9.85. The zero-order chi connectivity index (χ0) is 15.5. The average Bonchev–Trinajstić information content (AvgIpc) is 2.38. The molecule has 0 aromatic heterocycles. The number of nitrogens with two attached hydrogens (primary N) is 1. The summed E-state index contributed by atoms with van der Waals surface area (Å²) >= 11 is 0. The predicted octanol–water partition coefficient (Wildman–Crippen LogP) is 2.26. The summed E-state index contributed by atoms with van der Waals surface area (Å²) in [5, 5.41) is 0. The Morgan fingerprint density at radius 3 is 2.33 bits per heavy atom. The molecule has 1 saturated heterocycles. The second-order valence-corrected chi connectivity index (χ2v) is 5.69. The van der Waals surface area contributed by atoms with E-state index in [0.29, 0.717) is 26.2 Å². The van der Waals surface area contributed by atoms with Crippen LogP contribution in [-0.2, 0) is 6.42 Å². The molecule has 2 N–H and O–H groups in total. The molecule has 1 aromatic rings. The largest absolute Gasteiger partial charge is 0.401 e. The third-order valence-electron chi connectivity index (χ3n) is 3.65. The molecular formula is C15H22F3N3. The summed E-state index contributed by atoms with van der Waals surface area (Å²) in [6.07, 6.45) is -3.34. The van der Waals surface area contributed by atoms with Crippen LogP contribution in [0.15, 0.2) is 24.3 Å². The Labute approximate surface area is 123 Å². The molecule has 1 atom stereocenters. The first-order valence-electron chi connectivity index (χ1n) is 7.23. The fourth-order valence-electron chi connectivity index (χ4n) is 2.74. The van der Waals surface area contributed by atoms with Gasteiger partial charge in [0.2, 0.25) is 0 Å². The van der Waals surface area contributed by atoms with E-state index in [2.05, 4.69) is 4.90 Å². The molecule has 0 bridgehead atoms. The lowest BCUT2D eigenvalue weighted by atomic mass is 10.0. The molecule has 0 spiro atoms. The molecule has 0 amide bonds. The summed E-state index contributed by atoms with van der Waals surface area (Å²) in [5.74, 6) is 0. The van der Waals surface area contributed by atoms with Crippen LogP contribution in [0.2, 0.25) is 0 Å². The Morgan fingerprint density at radius 1 is 1.14 bits per heavy atom. The minimum absolute atomic E-state index is 0.0673. The Balaban J connectivity index is 1.99. The van der Waals surface area contributed by atoms with Crippen molar-refractivity contribution < 1.29 is 13.2 Å². The van der Waals surface area contributed by atoms with Crippen LogP contribution >= 0.6 is 0 Å². The smallest absolute Gasteiger partial charge is 0.369 e. The van der Waals surface area contributed by atoms with E-state index in [-0.39, 0.29) is 6.04 Å². The maximum Gasteiger partial charge on any atom is 0.401 e. The van der Waals surface area contributed by atoms with Gasteiger partial charge in [-0.2, -0.15) is 13.2 Å². The van der Waals surface area contributed by atoms with E-state index < -0.39 is 12.7 Å². The maximum absolute atomic E-state index is 12.4. The van der Waals surface area contributed by atoms with Crippen LogP contribution in [0.25, 0.3) is 0 Å². The highest BCUT2D eigenvalue weighted by atomic mass is 19.4. The van der Waals surface area contributed by atoms with Crippen molar-refractivity contribution in [1.82, 2.24) is 4.90 Å². The van der Waals surface area contributed by atoms with Gasteiger partial charge in [0.25, 0.3) is 0 Å². The van der Waals surface area contributed by atoms with Gasteiger partial charge in [-0.25, -0.2) is 0 Å². The topological polar surface area (TPSA) is 32.5 Å². The first kappa shape index (κ1) is 16.1. The Kier molecular flexibility index (Phi) is 5.11. The van der Waals surface area contributed by atoms with E-state index in [1.807, 2.05) is 31.2 Å². The van der Waals surface area contributed by atoms with Crippen molar-refractivity contribution in [3.8, 4) is 0 Å². The molecule has 1 aromatic carbocycles. The monoisotopic (exact) mass is 301 g/mol. The molecule has 0 saturated carbocycles. The van der Waals surface area contributed by atoms with E-state index in [4.69, 9.17) is 5.73 Å². The van der Waals surface area contributed by atoms with Crippen molar-refractivity contribution in [2.24, 2.45) is 5.73 Å². The van der Waals surface area contributed by atoms with Crippen LogP contribution in [0.4, 0.5) is 18.9 Å². The van der Waals surface area contributed by atoms with Crippen molar-refractivity contribution in [2.75, 3.05) is 37.6 Å². The van der Waals surface area contributed by atoms with Crippen LogP contribution in [0.1, 0.15) is 12.5 Å². The summed E-state index contributed by atoms with van der Waals surface area (Å²) in [4.78, 5) is 3.62. The highest BCUT2D eigenvalue weighted by molar-refractivity contribution is 5.54. The lowest BCUT2D eigenvalue weighted by Crippen LogP contribution is -2.49. The molecule has 21 heavy (non-hydrogen) atoms. The van der Waals surface area contributed by atoms with Crippen LogP contribution in [0.3, 0.4) is 0 Å². The number of anilines is 1. The lowest BCUT2D eigenvalue weighted by Gasteiger charge is -2.37. The fraction of sp³-hybridized carbons (Fsp3) is 0.600. The second-order valence-electron chi connectivity index (χ2n) is 5.69. The van der Waals surface area contributed by atoms with Crippen LogP contribution in [0, 0.1) is 0 Å². The molecular weight excluding hydrogens is 279 g/mol. The van der Waals surface area contributed by atoms with Crippen LogP contribution in [-0.4, -0.2) is 49.8 Å². The molecule has 118 valence electrons. The Hall–Kier alpha value is -1.27. The molecule has 1 aliphatic heterocycles. The summed E-state index contributed by atoms with van der Waals surface area (Å²) in [6.45, 7) is 3.25. The number of para-hydroxylation sites is 1. The van der Waals surface area contributed by atoms with E-state index in [9.17, 15) is 13.2 Å². The van der Waals surface area contributed by atoms with Crippen molar-refractivity contribution >= 4 is 5.69 Å². The predicted molar refractivity (Wildman–Crippen MR) is 78.5 cm³/mol. The van der Waals surface area contributed by atoms with Crippen LogP contribution in [0.5, 0.6) is 0 Å². The van der Waals surface area contributed by atoms with Crippen LogP contribution < -0.4 is 10.6 Å². The van der Waals surface area contributed by atoms with Gasteiger partial charge in [-0.05, 0) is 25.0 Å². The van der Waals surface area contributed by atoms with Crippen molar-refractivity contribution in [3.05, 3.63) is 29.8 Å². The third-order valence-corrected chi connectivity index (χ3v) is 3.65. The molecule has 1 heterocycles. The minimum Gasteiger partial charge on any atom is -0.369 e. The van der Waals surface area contributed by atoms with Gasteiger partial charge in [0.15, 0.2) is 0 Å². The normalized spacial score (nSPS) is 18.8. The third kappa shape index (κ3) is 4.89. The summed E-state index contributed by atoms with van der Waals surface area (Å²) < 4.78 is 37.2. The van der Waals surface area contributed by atoms with Gasteiger partial charge in [0.05, 0.1) is 6.54 Å². The Morgan fingerprint density at radius 2 is 1.76 bits per heavy atom. The molecule has 0 aliphatic carbocycles. The summed E-state index contributed by atoms with van der Waals surface area (Å²) in [6, 6.07) is 8.07. The number of hydrogen-bond donors (Lipinski definition) is 1. The number of hydrogen-bond acceptors (Lipinski definition) is 3. The highest BCUT2D eigenvalue weighted by Gasteiger charge is 2.32. The molecule has 0 radical (unpaired) electrons. The van der Waals surface area contributed by atoms with Gasteiger partial charge in [0, 0.05) is 37.9 Å². The van der Waals surface area contributed by atoms with Gasteiger partial charge in [-0.3, -0.25) is 4.90 Å². The van der Waals surface area contributed by atoms with Gasteiger partial charge in [-0.15, -0.1) is 0 Å². The van der Waals surface area contributed by atoms with Crippen molar-refractivity contribution in [2.45, 2.75) is 25.6 Å². The fourth-order valence-corrected chi connectivity index (χ4v) is 2.74. The van der Waals surface area contributed by atoms with E-state index in [0.717, 1.165) is 17.7 Å². The molecule has 1 aliphatic rings. The number of halogens is 3. The zero-order valence-electron chi connectivity index (χ0n) is 12.2. The summed E-state index contributed by atoms with van der Waals surface area (Å²) in [7, 11) is 0. The number of nitrogens with zero attached hydrogens (tertiary/aromatic N) is 2. The lowest BCUT2D eigenvalue weighted by molar-refractivity contribution is -0.146. The van der Waals surface area contributed by atoms with Crippen molar-refractivity contribution in [1.29, 1.82) is 0 Å². The zero-order valence-corrected chi connectivity index (χ0v) is 12.2.